The second-order valence-corrected chi connectivity index (χ2v) is 6.79. The highest BCUT2D eigenvalue weighted by Crippen LogP contribution is 2.14. The number of nitrogens with one attached hydrogen (secondary N) is 2. The smallest absolute Gasteiger partial charge is 0.191 e. The number of ether oxygens (including phenoxy) is 3. The second-order valence-electron chi connectivity index (χ2n) is 6.79. The largest absolute Gasteiger partial charge is 0.381 e. The van der Waals surface area contributed by atoms with Crippen LogP contribution in [-0.2, 0) is 27.4 Å². The van der Waals surface area contributed by atoms with E-state index in [-0.39, 0.29) is 0 Å². The molecule has 1 fully saturated rings. The maximum Gasteiger partial charge on any atom is 0.191 e. The van der Waals surface area contributed by atoms with Crippen LogP contribution in [0.4, 0.5) is 0 Å². The third kappa shape index (κ3) is 9.22. The zero-order chi connectivity index (χ0) is 19.2. The number of hydrogen-bond acceptors (Lipinski definition) is 4. The van der Waals surface area contributed by atoms with Crippen molar-refractivity contribution < 1.29 is 14.2 Å². The van der Waals surface area contributed by atoms with E-state index in [2.05, 4.69) is 39.9 Å². The van der Waals surface area contributed by atoms with Crippen LogP contribution in [0.2, 0.25) is 0 Å². The Balaban J connectivity index is 1.54. The van der Waals surface area contributed by atoms with Crippen molar-refractivity contribution in [1.82, 2.24) is 10.6 Å². The summed E-state index contributed by atoms with van der Waals surface area (Å²) < 4.78 is 16.6. The predicted octanol–water partition coefficient (Wildman–Crippen LogP) is 2.72. The van der Waals surface area contributed by atoms with E-state index in [0.717, 1.165) is 71.3 Å². The Hall–Kier alpha value is -1.63. The molecule has 0 spiro atoms. The molecular formula is C21H35N3O3. The highest BCUT2D eigenvalue weighted by Gasteiger charge is 2.13. The predicted molar refractivity (Wildman–Crippen MR) is 109 cm³/mol. The van der Waals surface area contributed by atoms with E-state index in [0.29, 0.717) is 12.5 Å². The van der Waals surface area contributed by atoms with Crippen LogP contribution in [-0.4, -0.2) is 52.6 Å². The van der Waals surface area contributed by atoms with Crippen LogP contribution in [0.1, 0.15) is 37.3 Å². The molecule has 2 N–H and O–H groups in total. The van der Waals surface area contributed by atoms with Gasteiger partial charge in [-0.1, -0.05) is 24.3 Å². The fourth-order valence-corrected chi connectivity index (χ4v) is 2.92. The minimum Gasteiger partial charge on any atom is -0.381 e. The summed E-state index contributed by atoms with van der Waals surface area (Å²) in [5.41, 5.74) is 2.42. The molecule has 0 atom stereocenters. The van der Waals surface area contributed by atoms with Crippen LogP contribution in [0, 0.1) is 5.92 Å². The van der Waals surface area contributed by atoms with Crippen LogP contribution in [0.15, 0.2) is 29.3 Å². The van der Waals surface area contributed by atoms with E-state index in [1.54, 1.807) is 7.05 Å². The van der Waals surface area contributed by atoms with Crippen LogP contribution < -0.4 is 10.6 Å². The summed E-state index contributed by atoms with van der Waals surface area (Å²) >= 11 is 0. The van der Waals surface area contributed by atoms with Crippen LogP contribution >= 0.6 is 0 Å². The van der Waals surface area contributed by atoms with E-state index in [1.807, 2.05) is 6.92 Å². The van der Waals surface area contributed by atoms with Crippen molar-refractivity contribution >= 4 is 5.96 Å². The van der Waals surface area contributed by atoms with E-state index in [1.165, 1.54) is 11.1 Å². The van der Waals surface area contributed by atoms with Crippen molar-refractivity contribution in [3.8, 4) is 0 Å². The Morgan fingerprint density at radius 2 is 1.85 bits per heavy atom. The van der Waals surface area contributed by atoms with Crippen LogP contribution in [0.3, 0.4) is 0 Å². The van der Waals surface area contributed by atoms with Gasteiger partial charge in [-0.2, -0.15) is 0 Å². The summed E-state index contributed by atoms with van der Waals surface area (Å²) in [6, 6.07) is 8.47. The summed E-state index contributed by atoms with van der Waals surface area (Å²) in [4.78, 5) is 4.27. The lowest BCUT2D eigenvalue weighted by atomic mass is 10.0. The molecule has 1 aromatic carbocycles. The molecule has 0 aromatic heterocycles. The number of benzene rings is 1. The molecule has 0 bridgehead atoms. The first-order chi connectivity index (χ1) is 13.3. The van der Waals surface area contributed by atoms with Gasteiger partial charge in [0.2, 0.25) is 0 Å². The summed E-state index contributed by atoms with van der Waals surface area (Å²) in [6.07, 6.45) is 3.22. The highest BCUT2D eigenvalue weighted by atomic mass is 16.5. The van der Waals surface area contributed by atoms with Gasteiger partial charge in [0.25, 0.3) is 0 Å². The van der Waals surface area contributed by atoms with Gasteiger partial charge in [0.05, 0.1) is 6.61 Å². The summed E-state index contributed by atoms with van der Waals surface area (Å²) in [7, 11) is 1.79. The van der Waals surface area contributed by atoms with Gasteiger partial charge >= 0.3 is 0 Å². The van der Waals surface area contributed by atoms with Gasteiger partial charge in [0, 0.05) is 53.2 Å². The normalized spacial score (nSPS) is 15.7. The Bertz CT molecular complexity index is 528. The summed E-state index contributed by atoms with van der Waals surface area (Å²) in [6.45, 7) is 8.42. The van der Waals surface area contributed by atoms with Crippen molar-refractivity contribution in [3.05, 3.63) is 35.4 Å². The monoisotopic (exact) mass is 377 g/mol. The molecule has 0 radical (unpaired) electrons. The van der Waals surface area contributed by atoms with Crippen LogP contribution in [0.25, 0.3) is 0 Å². The second kappa shape index (κ2) is 13.5. The molecule has 0 unspecified atom stereocenters. The lowest BCUT2D eigenvalue weighted by molar-refractivity contribution is 0.0203. The molecule has 1 aliphatic rings. The molecule has 0 aliphatic carbocycles. The van der Waals surface area contributed by atoms with Gasteiger partial charge in [0.15, 0.2) is 5.96 Å². The maximum atomic E-state index is 5.79. The first-order valence-electron chi connectivity index (χ1n) is 10.1. The summed E-state index contributed by atoms with van der Waals surface area (Å²) in [5.74, 6) is 1.49. The summed E-state index contributed by atoms with van der Waals surface area (Å²) in [5, 5.41) is 6.68. The highest BCUT2D eigenvalue weighted by molar-refractivity contribution is 5.79. The van der Waals surface area contributed by atoms with Gasteiger partial charge in [-0.3, -0.25) is 4.99 Å². The third-order valence-electron chi connectivity index (χ3n) is 4.63. The molecule has 1 heterocycles. The SMILES string of the molecule is CCOCc1ccc(CNC(=NC)NCCCOCC2CCOCC2)cc1. The van der Waals surface area contributed by atoms with Crippen molar-refractivity contribution in [2.45, 2.75) is 39.3 Å². The minimum atomic E-state index is 0.668. The van der Waals surface area contributed by atoms with Crippen molar-refractivity contribution in [2.75, 3.05) is 46.6 Å². The first-order valence-corrected chi connectivity index (χ1v) is 10.1. The maximum absolute atomic E-state index is 5.79. The Labute approximate surface area is 163 Å². The lowest BCUT2D eigenvalue weighted by Crippen LogP contribution is -2.37. The molecule has 6 heteroatoms. The van der Waals surface area contributed by atoms with E-state index in [9.17, 15) is 0 Å². The van der Waals surface area contributed by atoms with E-state index < -0.39 is 0 Å². The average Bonchev–Trinajstić information content (AvgIpc) is 2.72. The topological polar surface area (TPSA) is 64.1 Å². The minimum absolute atomic E-state index is 0.668. The Kier molecular flexibility index (Phi) is 10.9. The van der Waals surface area contributed by atoms with Gasteiger partial charge in [-0.25, -0.2) is 0 Å². The quantitative estimate of drug-likeness (QED) is 0.353. The number of rotatable bonds is 11. The fraction of sp³-hybridized carbons (Fsp3) is 0.667. The lowest BCUT2D eigenvalue weighted by Gasteiger charge is -2.21. The Morgan fingerprint density at radius 3 is 2.56 bits per heavy atom. The molecule has 1 saturated heterocycles. The number of nitrogens with zero attached hydrogens (tertiary/aromatic N) is 1. The zero-order valence-corrected chi connectivity index (χ0v) is 16.8. The molecule has 0 amide bonds. The molecule has 1 aliphatic heterocycles. The van der Waals surface area contributed by atoms with Gasteiger partial charge in [-0.15, -0.1) is 0 Å². The molecule has 2 rings (SSSR count). The van der Waals surface area contributed by atoms with Gasteiger partial charge in [0.1, 0.15) is 0 Å². The number of aliphatic imine (C=N–C) groups is 1. The van der Waals surface area contributed by atoms with Crippen molar-refractivity contribution in [3.63, 3.8) is 0 Å². The molecular weight excluding hydrogens is 342 g/mol. The van der Waals surface area contributed by atoms with Gasteiger partial charge < -0.3 is 24.8 Å². The molecule has 152 valence electrons. The molecule has 6 nitrogen and oxygen atoms in total. The van der Waals surface area contributed by atoms with E-state index in [4.69, 9.17) is 14.2 Å². The van der Waals surface area contributed by atoms with E-state index >= 15 is 0 Å². The van der Waals surface area contributed by atoms with Crippen molar-refractivity contribution in [1.29, 1.82) is 0 Å². The standard InChI is InChI=1S/C21H35N3O3/c1-3-25-16-19-7-5-18(6-8-19)15-24-21(22-2)23-11-4-12-27-17-20-9-13-26-14-10-20/h5-8,20H,3-4,9-17H2,1-2H3,(H2,22,23,24). The molecule has 0 saturated carbocycles. The first kappa shape index (κ1) is 21.7. The third-order valence-corrected chi connectivity index (χ3v) is 4.63. The van der Waals surface area contributed by atoms with Gasteiger partial charge in [-0.05, 0) is 43.2 Å². The Morgan fingerprint density at radius 1 is 1.11 bits per heavy atom. The number of hydrogen-bond donors (Lipinski definition) is 2. The van der Waals surface area contributed by atoms with Crippen molar-refractivity contribution in [2.24, 2.45) is 10.9 Å². The zero-order valence-electron chi connectivity index (χ0n) is 16.8. The molecule has 1 aromatic rings. The molecule has 27 heavy (non-hydrogen) atoms. The number of guanidine groups is 1. The fourth-order valence-electron chi connectivity index (χ4n) is 2.92. The van der Waals surface area contributed by atoms with Crippen LogP contribution in [0.5, 0.6) is 0 Å². The average molecular weight is 378 g/mol.